The fraction of sp³-hybridized carbons (Fsp3) is 0.158. The average Bonchev–Trinajstić information content (AvgIpc) is 2.63. The van der Waals surface area contributed by atoms with E-state index >= 15 is 0 Å². The van der Waals surface area contributed by atoms with Crippen molar-refractivity contribution in [3.63, 3.8) is 0 Å². The molecular formula is C19H20ClN4OP. The first-order valence-electron chi connectivity index (χ1n) is 8.15. The monoisotopic (exact) mass is 386 g/mol. The van der Waals surface area contributed by atoms with Gasteiger partial charge in [-0.25, -0.2) is 4.98 Å². The molecule has 7 heteroatoms. The van der Waals surface area contributed by atoms with Gasteiger partial charge in [-0.2, -0.15) is 4.98 Å². The van der Waals surface area contributed by atoms with Gasteiger partial charge in [0.15, 0.2) is 5.82 Å². The summed E-state index contributed by atoms with van der Waals surface area (Å²) in [6.07, 6.45) is 1.55. The third-order valence-corrected chi connectivity index (χ3v) is 5.60. The second kappa shape index (κ2) is 7.90. The van der Waals surface area contributed by atoms with E-state index in [4.69, 9.17) is 11.6 Å². The van der Waals surface area contributed by atoms with E-state index in [-0.39, 0.29) is 0 Å². The number of para-hydroxylation sites is 1. The molecule has 0 saturated heterocycles. The molecule has 0 fully saturated rings. The van der Waals surface area contributed by atoms with Crippen LogP contribution in [0.25, 0.3) is 0 Å². The van der Waals surface area contributed by atoms with E-state index in [1.807, 2.05) is 54.6 Å². The average molecular weight is 387 g/mol. The molecule has 26 heavy (non-hydrogen) atoms. The Morgan fingerprint density at radius 3 is 2.46 bits per heavy atom. The number of halogens is 1. The predicted octanol–water partition coefficient (Wildman–Crippen LogP) is 4.73. The molecule has 1 heterocycles. The van der Waals surface area contributed by atoms with Gasteiger partial charge in [0, 0.05) is 11.8 Å². The Morgan fingerprint density at radius 1 is 1.04 bits per heavy atom. The lowest BCUT2D eigenvalue weighted by Crippen LogP contribution is -2.11. The van der Waals surface area contributed by atoms with Crippen molar-refractivity contribution in [2.75, 3.05) is 24.0 Å². The Balaban J connectivity index is 1.82. The molecule has 0 atom stereocenters. The van der Waals surface area contributed by atoms with Gasteiger partial charge in [0.05, 0.1) is 11.9 Å². The largest absolute Gasteiger partial charge is 0.350 e. The van der Waals surface area contributed by atoms with E-state index in [1.165, 1.54) is 0 Å². The highest BCUT2D eigenvalue weighted by molar-refractivity contribution is 7.70. The van der Waals surface area contributed by atoms with Crippen molar-refractivity contribution in [1.82, 2.24) is 9.97 Å². The summed E-state index contributed by atoms with van der Waals surface area (Å²) in [4.78, 5) is 8.67. The van der Waals surface area contributed by atoms with E-state index in [2.05, 4.69) is 20.6 Å². The van der Waals surface area contributed by atoms with Crippen LogP contribution in [0.3, 0.4) is 0 Å². The predicted molar refractivity (Wildman–Crippen MR) is 110 cm³/mol. The van der Waals surface area contributed by atoms with Crippen LogP contribution >= 0.6 is 18.7 Å². The molecule has 0 amide bonds. The van der Waals surface area contributed by atoms with E-state index in [0.29, 0.717) is 23.3 Å². The summed E-state index contributed by atoms with van der Waals surface area (Å²) in [5.41, 5.74) is 1.86. The minimum atomic E-state index is -2.44. The molecule has 134 valence electrons. The molecule has 0 aliphatic rings. The highest BCUT2D eigenvalue weighted by Crippen LogP contribution is 2.38. The van der Waals surface area contributed by atoms with E-state index in [1.54, 1.807) is 19.5 Å². The molecule has 3 rings (SSSR count). The minimum absolute atomic E-state index is 0.395. The molecular weight excluding hydrogens is 367 g/mol. The number of nitrogens with one attached hydrogen (secondary N) is 2. The molecule has 0 unspecified atom stereocenters. The van der Waals surface area contributed by atoms with Gasteiger partial charge in [0.25, 0.3) is 0 Å². The van der Waals surface area contributed by atoms with E-state index in [9.17, 15) is 4.57 Å². The summed E-state index contributed by atoms with van der Waals surface area (Å²) in [5, 5.41) is 7.53. The Morgan fingerprint density at radius 2 is 1.73 bits per heavy atom. The number of hydrogen-bond donors (Lipinski definition) is 2. The molecule has 0 spiro atoms. The zero-order valence-corrected chi connectivity index (χ0v) is 16.3. The smallest absolute Gasteiger partial charge is 0.224 e. The fourth-order valence-corrected chi connectivity index (χ4v) is 3.79. The molecule has 1 aromatic heterocycles. The maximum atomic E-state index is 12.5. The summed E-state index contributed by atoms with van der Waals surface area (Å²) in [6.45, 7) is 4.08. The standard InChI is InChI=1S/C19H20ClN4OP/c1-26(2,25)17-11-7-6-10-16(17)23-18-15(20)13-22-19(24-18)21-12-14-8-4-3-5-9-14/h3-11,13H,12H2,1-2H3,(H2,21,22,23,24). The summed E-state index contributed by atoms with van der Waals surface area (Å²) in [7, 11) is -2.44. The third kappa shape index (κ3) is 4.63. The van der Waals surface area contributed by atoms with Crippen molar-refractivity contribution in [3.8, 4) is 0 Å². The normalized spacial score (nSPS) is 11.2. The Kier molecular flexibility index (Phi) is 5.60. The number of hydrogen-bond acceptors (Lipinski definition) is 5. The number of aromatic nitrogens is 2. The fourth-order valence-electron chi connectivity index (χ4n) is 2.49. The molecule has 0 radical (unpaired) electrons. The van der Waals surface area contributed by atoms with Crippen molar-refractivity contribution in [2.24, 2.45) is 0 Å². The van der Waals surface area contributed by atoms with Crippen LogP contribution in [0.4, 0.5) is 17.5 Å². The first kappa shape index (κ1) is 18.4. The first-order valence-corrected chi connectivity index (χ1v) is 11.1. The molecule has 2 N–H and O–H groups in total. The highest BCUT2D eigenvalue weighted by atomic mass is 35.5. The van der Waals surface area contributed by atoms with Gasteiger partial charge in [-0.1, -0.05) is 54.1 Å². The maximum absolute atomic E-state index is 12.5. The van der Waals surface area contributed by atoms with Gasteiger partial charge < -0.3 is 15.2 Å². The van der Waals surface area contributed by atoms with Crippen molar-refractivity contribution in [1.29, 1.82) is 0 Å². The highest BCUT2D eigenvalue weighted by Gasteiger charge is 2.17. The molecule has 5 nitrogen and oxygen atoms in total. The second-order valence-corrected chi connectivity index (χ2v) is 9.81. The van der Waals surface area contributed by atoms with Gasteiger partial charge in [-0.05, 0) is 31.0 Å². The van der Waals surface area contributed by atoms with Crippen molar-refractivity contribution >= 4 is 41.5 Å². The Labute approximate surface area is 158 Å². The Bertz CT molecular complexity index is 943. The van der Waals surface area contributed by atoms with Crippen LogP contribution in [-0.4, -0.2) is 23.3 Å². The van der Waals surface area contributed by atoms with Crippen molar-refractivity contribution in [3.05, 3.63) is 71.4 Å². The lowest BCUT2D eigenvalue weighted by molar-refractivity contribution is 0.588. The number of rotatable bonds is 6. The molecule has 0 aliphatic heterocycles. The summed E-state index contributed by atoms with van der Waals surface area (Å²) >= 11 is 6.25. The van der Waals surface area contributed by atoms with E-state index < -0.39 is 7.14 Å². The van der Waals surface area contributed by atoms with Crippen LogP contribution in [0.1, 0.15) is 5.56 Å². The van der Waals surface area contributed by atoms with Gasteiger partial charge in [-0.15, -0.1) is 0 Å². The molecule has 2 aromatic carbocycles. The van der Waals surface area contributed by atoms with Gasteiger partial charge >= 0.3 is 0 Å². The van der Waals surface area contributed by atoms with Crippen LogP contribution in [0, 0.1) is 0 Å². The van der Waals surface area contributed by atoms with Crippen LogP contribution in [0.5, 0.6) is 0 Å². The van der Waals surface area contributed by atoms with Crippen LogP contribution in [0.15, 0.2) is 60.8 Å². The van der Waals surface area contributed by atoms with E-state index in [0.717, 1.165) is 16.6 Å². The third-order valence-electron chi connectivity index (χ3n) is 3.77. The minimum Gasteiger partial charge on any atom is -0.350 e. The van der Waals surface area contributed by atoms with Crippen LogP contribution in [0.2, 0.25) is 5.02 Å². The molecule has 3 aromatic rings. The second-order valence-electron chi connectivity index (χ2n) is 6.22. The zero-order chi connectivity index (χ0) is 18.6. The Hall–Kier alpha value is -2.36. The summed E-state index contributed by atoms with van der Waals surface area (Å²) in [6, 6.07) is 17.5. The SMILES string of the molecule is CP(C)(=O)c1ccccc1Nc1nc(NCc2ccccc2)ncc1Cl. The molecule has 0 aliphatic carbocycles. The maximum Gasteiger partial charge on any atom is 0.224 e. The quantitative estimate of drug-likeness (QED) is 0.599. The topological polar surface area (TPSA) is 66.9 Å². The number of benzene rings is 2. The van der Waals surface area contributed by atoms with Gasteiger partial charge in [0.2, 0.25) is 5.95 Å². The summed E-state index contributed by atoms with van der Waals surface area (Å²) < 4.78 is 12.5. The van der Waals surface area contributed by atoms with Gasteiger partial charge in [-0.3, -0.25) is 0 Å². The molecule has 0 bridgehead atoms. The lowest BCUT2D eigenvalue weighted by Gasteiger charge is -2.15. The van der Waals surface area contributed by atoms with Gasteiger partial charge in [0.1, 0.15) is 12.2 Å². The summed E-state index contributed by atoms with van der Waals surface area (Å²) in [5.74, 6) is 0.938. The van der Waals surface area contributed by atoms with Crippen molar-refractivity contribution < 1.29 is 4.57 Å². The number of anilines is 3. The lowest BCUT2D eigenvalue weighted by atomic mass is 10.2. The zero-order valence-electron chi connectivity index (χ0n) is 14.6. The molecule has 0 saturated carbocycles. The van der Waals surface area contributed by atoms with Crippen LogP contribution in [-0.2, 0) is 11.1 Å². The number of nitrogens with zero attached hydrogens (tertiary/aromatic N) is 2. The first-order chi connectivity index (χ1) is 12.4. The van der Waals surface area contributed by atoms with Crippen LogP contribution < -0.4 is 15.9 Å². The van der Waals surface area contributed by atoms with Crippen molar-refractivity contribution in [2.45, 2.75) is 6.54 Å².